The van der Waals surface area contributed by atoms with E-state index in [4.69, 9.17) is 9.90 Å². The number of alkyl halides is 3. The highest BCUT2D eigenvalue weighted by Gasteiger charge is 2.40. The second-order valence-electron chi connectivity index (χ2n) is 9.10. The van der Waals surface area contributed by atoms with Crippen molar-refractivity contribution in [2.75, 3.05) is 31.1 Å². The monoisotopic (exact) mass is 533 g/mol. The quantitative estimate of drug-likeness (QED) is 0.405. The molecule has 0 aromatic heterocycles. The molecule has 2 aromatic carbocycles. The molecule has 8 nitrogen and oxygen atoms in total. The molecule has 1 aliphatic heterocycles. The van der Waals surface area contributed by atoms with Crippen LogP contribution in [0, 0.1) is 11.8 Å². The number of halogens is 3. The van der Waals surface area contributed by atoms with Gasteiger partial charge in [0.2, 0.25) is 11.8 Å². The van der Waals surface area contributed by atoms with E-state index in [2.05, 4.69) is 23.1 Å². The Morgan fingerprint density at radius 2 is 1.45 bits per heavy atom. The number of allylic oxidation sites excluding steroid dienone is 1. The van der Waals surface area contributed by atoms with E-state index in [1.807, 2.05) is 53.4 Å². The predicted molar refractivity (Wildman–Crippen MR) is 134 cm³/mol. The van der Waals surface area contributed by atoms with Crippen molar-refractivity contribution in [2.24, 2.45) is 11.8 Å². The van der Waals surface area contributed by atoms with Gasteiger partial charge < -0.3 is 14.9 Å². The summed E-state index contributed by atoms with van der Waals surface area (Å²) in [5.41, 5.74) is 5.18. The molecule has 0 radical (unpaired) electrons. The Labute approximate surface area is 218 Å². The van der Waals surface area contributed by atoms with Gasteiger partial charge in [0, 0.05) is 31.9 Å². The fourth-order valence-corrected chi connectivity index (χ4v) is 4.70. The number of rotatable bonds is 4. The molecule has 1 aliphatic carbocycles. The molecule has 1 saturated heterocycles. The summed E-state index contributed by atoms with van der Waals surface area (Å²) in [5.74, 6) is -4.15. The van der Waals surface area contributed by atoms with Gasteiger partial charge in [0.15, 0.2) is 0 Å². The van der Waals surface area contributed by atoms with Crippen molar-refractivity contribution >= 4 is 29.5 Å². The molecule has 0 unspecified atom stereocenters. The maximum atomic E-state index is 13.3. The highest BCUT2D eigenvalue weighted by atomic mass is 19.4. The van der Waals surface area contributed by atoms with Gasteiger partial charge in [-0.2, -0.15) is 13.2 Å². The number of aliphatic carboxylic acids is 1. The number of anilines is 1. The Kier molecular flexibility index (Phi) is 9.89. The van der Waals surface area contributed by atoms with E-state index >= 15 is 0 Å². The summed E-state index contributed by atoms with van der Waals surface area (Å²) in [5, 5.41) is 16.4. The van der Waals surface area contributed by atoms with Crippen LogP contribution in [-0.2, 0) is 14.4 Å². The lowest BCUT2D eigenvalue weighted by atomic mass is 9.75. The van der Waals surface area contributed by atoms with Gasteiger partial charge in [0.1, 0.15) is 0 Å². The number of piperazine rings is 1. The first-order valence-corrected chi connectivity index (χ1v) is 12.2. The lowest BCUT2D eigenvalue weighted by molar-refractivity contribution is -0.192. The van der Waals surface area contributed by atoms with E-state index < -0.39 is 29.9 Å². The summed E-state index contributed by atoms with van der Waals surface area (Å²) in [6.07, 6.45) is -1.10. The first-order chi connectivity index (χ1) is 18.1. The summed E-state index contributed by atoms with van der Waals surface area (Å²) < 4.78 is 31.7. The van der Waals surface area contributed by atoms with Gasteiger partial charge >= 0.3 is 12.1 Å². The third kappa shape index (κ3) is 7.82. The SMILES string of the molecule is O=C(NO)[C@H]1CC(=Cc2ccccc2)CC[C@@H]1C(=O)N1CCN(c2ccccc2)CC1.O=C(O)C(F)(F)F. The summed E-state index contributed by atoms with van der Waals surface area (Å²) >= 11 is 0. The van der Waals surface area contributed by atoms with Crippen LogP contribution in [0.3, 0.4) is 0 Å². The Morgan fingerprint density at radius 1 is 0.895 bits per heavy atom. The minimum absolute atomic E-state index is 0.0278. The molecule has 1 heterocycles. The van der Waals surface area contributed by atoms with Gasteiger partial charge in [0.05, 0.1) is 11.8 Å². The molecule has 0 bridgehead atoms. The van der Waals surface area contributed by atoms with Crippen LogP contribution in [-0.4, -0.2) is 65.4 Å². The molecule has 204 valence electrons. The lowest BCUT2D eigenvalue weighted by Gasteiger charge is -2.40. The third-order valence-electron chi connectivity index (χ3n) is 6.63. The molecular formula is C27H30F3N3O5. The number of amides is 2. The number of carboxylic acids is 1. The van der Waals surface area contributed by atoms with Crippen LogP contribution in [0.2, 0.25) is 0 Å². The second kappa shape index (κ2) is 13.1. The van der Waals surface area contributed by atoms with E-state index in [-0.39, 0.29) is 5.91 Å². The molecule has 4 rings (SSSR count). The summed E-state index contributed by atoms with van der Waals surface area (Å²) in [6, 6.07) is 20.2. The third-order valence-corrected chi connectivity index (χ3v) is 6.63. The number of hydrogen-bond acceptors (Lipinski definition) is 5. The number of hydroxylamine groups is 1. The number of hydrogen-bond donors (Lipinski definition) is 3. The molecule has 3 N–H and O–H groups in total. The van der Waals surface area contributed by atoms with Gasteiger partial charge in [-0.05, 0) is 37.0 Å². The van der Waals surface area contributed by atoms with Crippen molar-refractivity contribution in [3.8, 4) is 0 Å². The van der Waals surface area contributed by atoms with E-state index in [0.29, 0.717) is 25.9 Å². The average Bonchev–Trinajstić information content (AvgIpc) is 2.93. The topological polar surface area (TPSA) is 110 Å². The number of benzene rings is 2. The van der Waals surface area contributed by atoms with Gasteiger partial charge in [-0.3, -0.25) is 14.8 Å². The maximum absolute atomic E-state index is 13.3. The molecule has 2 aromatic rings. The van der Waals surface area contributed by atoms with Crippen LogP contribution in [0.15, 0.2) is 66.2 Å². The van der Waals surface area contributed by atoms with Crippen molar-refractivity contribution < 1.29 is 37.9 Å². The molecule has 2 aliphatic rings. The molecule has 2 fully saturated rings. The maximum Gasteiger partial charge on any atom is 0.490 e. The Morgan fingerprint density at radius 3 is 1.97 bits per heavy atom. The normalized spacial score (nSPS) is 20.8. The average molecular weight is 534 g/mol. The van der Waals surface area contributed by atoms with Crippen LogP contribution >= 0.6 is 0 Å². The smallest absolute Gasteiger partial charge is 0.475 e. The number of nitrogens with one attached hydrogen (secondary N) is 1. The highest BCUT2D eigenvalue weighted by Crippen LogP contribution is 2.36. The Bertz CT molecular complexity index is 1120. The second-order valence-corrected chi connectivity index (χ2v) is 9.10. The highest BCUT2D eigenvalue weighted by molar-refractivity contribution is 5.88. The van der Waals surface area contributed by atoms with Crippen LogP contribution in [0.25, 0.3) is 6.08 Å². The van der Waals surface area contributed by atoms with Gasteiger partial charge in [0.25, 0.3) is 0 Å². The van der Waals surface area contributed by atoms with Gasteiger partial charge in [-0.1, -0.05) is 60.2 Å². The molecule has 2 atom stereocenters. The minimum atomic E-state index is -5.08. The molecule has 11 heteroatoms. The fraction of sp³-hybridized carbons (Fsp3) is 0.370. The zero-order valence-electron chi connectivity index (χ0n) is 20.6. The zero-order chi connectivity index (χ0) is 27.7. The van der Waals surface area contributed by atoms with Crippen LogP contribution in [0.1, 0.15) is 24.8 Å². The van der Waals surface area contributed by atoms with Crippen molar-refractivity contribution in [1.29, 1.82) is 0 Å². The number of carbonyl (C=O) groups is 3. The number of carbonyl (C=O) groups excluding carboxylic acids is 2. The van der Waals surface area contributed by atoms with E-state index in [0.717, 1.165) is 30.6 Å². The standard InChI is InChI=1S/C25H29N3O3.C2HF3O2/c29-24(26-31)23-18-20(17-19-7-3-1-4-8-19)11-12-22(23)25(30)28-15-13-27(14-16-28)21-9-5-2-6-10-21;3-2(4,5)1(6)7/h1-10,17,22-23,31H,11-16,18H2,(H,26,29);(H,6,7)/t22-,23-;/m0./s1. The Hall–Kier alpha value is -3.86. The largest absolute Gasteiger partial charge is 0.490 e. The van der Waals surface area contributed by atoms with Crippen molar-refractivity contribution in [3.05, 3.63) is 71.8 Å². The molecule has 1 saturated carbocycles. The Balaban J connectivity index is 0.000000505. The van der Waals surface area contributed by atoms with Crippen LogP contribution in [0.5, 0.6) is 0 Å². The lowest BCUT2D eigenvalue weighted by Crippen LogP contribution is -2.52. The number of para-hydroxylation sites is 1. The van der Waals surface area contributed by atoms with E-state index in [1.165, 1.54) is 5.69 Å². The predicted octanol–water partition coefficient (Wildman–Crippen LogP) is 3.97. The summed E-state index contributed by atoms with van der Waals surface area (Å²) in [6.45, 7) is 2.84. The van der Waals surface area contributed by atoms with E-state index in [9.17, 15) is 28.0 Å². The molecular weight excluding hydrogens is 503 g/mol. The van der Waals surface area contributed by atoms with Crippen molar-refractivity contribution in [2.45, 2.75) is 25.4 Å². The molecule has 38 heavy (non-hydrogen) atoms. The summed E-state index contributed by atoms with van der Waals surface area (Å²) in [4.78, 5) is 38.8. The minimum Gasteiger partial charge on any atom is -0.475 e. The summed E-state index contributed by atoms with van der Waals surface area (Å²) in [7, 11) is 0. The number of nitrogens with zero attached hydrogens (tertiary/aromatic N) is 2. The van der Waals surface area contributed by atoms with E-state index in [1.54, 1.807) is 5.48 Å². The number of carboxylic acid groups (broad SMARTS) is 1. The van der Waals surface area contributed by atoms with Crippen LogP contribution < -0.4 is 10.4 Å². The zero-order valence-corrected chi connectivity index (χ0v) is 20.6. The molecule has 2 amide bonds. The van der Waals surface area contributed by atoms with Gasteiger partial charge in [-0.25, -0.2) is 10.3 Å². The fourth-order valence-electron chi connectivity index (χ4n) is 4.70. The van der Waals surface area contributed by atoms with Crippen molar-refractivity contribution in [3.63, 3.8) is 0 Å². The van der Waals surface area contributed by atoms with Crippen molar-refractivity contribution in [1.82, 2.24) is 10.4 Å². The first-order valence-electron chi connectivity index (χ1n) is 12.2. The van der Waals surface area contributed by atoms with Gasteiger partial charge in [-0.15, -0.1) is 0 Å². The molecule has 0 spiro atoms. The van der Waals surface area contributed by atoms with Crippen LogP contribution in [0.4, 0.5) is 18.9 Å². The first kappa shape index (κ1) is 28.7.